The van der Waals surface area contributed by atoms with Gasteiger partial charge in [0, 0.05) is 5.69 Å². The first kappa shape index (κ1) is 20.9. The van der Waals surface area contributed by atoms with Crippen LogP contribution in [-0.4, -0.2) is 28.0 Å². The lowest BCUT2D eigenvalue weighted by Gasteiger charge is -2.19. The lowest BCUT2D eigenvalue weighted by molar-refractivity contribution is -0.115. The fraction of sp³-hybridized carbons (Fsp3) is 0.350. The minimum atomic E-state index is -3.87. The number of anilines is 1. The number of nitrogens with one attached hydrogen (secondary N) is 2. The van der Waals surface area contributed by atoms with Gasteiger partial charge in [-0.15, -0.1) is 0 Å². The molecule has 2 N–H and O–H groups in total. The Morgan fingerprint density at radius 2 is 1.70 bits per heavy atom. The van der Waals surface area contributed by atoms with Gasteiger partial charge in [-0.2, -0.15) is 0 Å². The lowest BCUT2D eigenvalue weighted by atomic mass is 9.87. The van der Waals surface area contributed by atoms with Crippen LogP contribution in [0.2, 0.25) is 0 Å². The molecule has 6 nitrogen and oxygen atoms in total. The van der Waals surface area contributed by atoms with E-state index in [1.165, 1.54) is 13.2 Å². The highest BCUT2D eigenvalue weighted by molar-refractivity contribution is 7.89. The molecule has 1 amide bonds. The normalized spacial score (nSPS) is 11.9. The summed E-state index contributed by atoms with van der Waals surface area (Å²) in [6.07, 6.45) is 0. The van der Waals surface area contributed by atoms with Gasteiger partial charge < -0.3 is 10.1 Å². The van der Waals surface area contributed by atoms with E-state index in [1.807, 2.05) is 12.1 Å². The summed E-state index contributed by atoms with van der Waals surface area (Å²) < 4.78 is 32.4. The monoisotopic (exact) mass is 390 g/mol. The van der Waals surface area contributed by atoms with Crippen LogP contribution in [0.5, 0.6) is 5.75 Å². The molecule has 146 valence electrons. The van der Waals surface area contributed by atoms with Crippen LogP contribution < -0.4 is 14.8 Å². The molecule has 0 aliphatic rings. The molecule has 7 heteroatoms. The first-order valence-corrected chi connectivity index (χ1v) is 10.1. The maximum Gasteiger partial charge on any atom is 0.244 e. The fourth-order valence-electron chi connectivity index (χ4n) is 2.49. The van der Waals surface area contributed by atoms with Gasteiger partial charge in [-0.25, -0.2) is 13.1 Å². The summed E-state index contributed by atoms with van der Waals surface area (Å²) in [7, 11) is -2.47. The molecular weight excluding hydrogens is 364 g/mol. The zero-order valence-electron chi connectivity index (χ0n) is 16.3. The summed E-state index contributed by atoms with van der Waals surface area (Å²) >= 11 is 0. The minimum absolute atomic E-state index is 0.00679. The largest absolute Gasteiger partial charge is 0.495 e. The average Bonchev–Trinajstić information content (AvgIpc) is 2.60. The van der Waals surface area contributed by atoms with E-state index in [2.05, 4.69) is 30.8 Å². The molecule has 0 unspecified atom stereocenters. The summed E-state index contributed by atoms with van der Waals surface area (Å²) in [5, 5.41) is 2.69. The second-order valence-corrected chi connectivity index (χ2v) is 9.09. The molecule has 0 fully saturated rings. The molecule has 0 atom stereocenters. The Bertz CT molecular complexity index is 914. The first-order chi connectivity index (χ1) is 12.5. The van der Waals surface area contributed by atoms with Crippen LogP contribution in [-0.2, 0) is 20.2 Å². The van der Waals surface area contributed by atoms with Crippen molar-refractivity contribution in [2.24, 2.45) is 0 Å². The van der Waals surface area contributed by atoms with Crippen LogP contribution in [0, 0.1) is 6.92 Å². The van der Waals surface area contributed by atoms with Crippen molar-refractivity contribution in [3.63, 3.8) is 0 Å². The van der Waals surface area contributed by atoms with Crippen LogP contribution in [0.4, 0.5) is 5.69 Å². The second kappa shape index (κ2) is 8.10. The Labute approximate surface area is 161 Å². The third-order valence-electron chi connectivity index (χ3n) is 4.07. The summed E-state index contributed by atoms with van der Waals surface area (Å²) in [5.41, 5.74) is 2.55. The number of amides is 1. The second-order valence-electron chi connectivity index (χ2n) is 7.35. The summed E-state index contributed by atoms with van der Waals surface area (Å²) in [5.74, 6) is -0.222. The van der Waals surface area contributed by atoms with Crippen molar-refractivity contribution in [2.75, 3.05) is 19.0 Å². The third kappa shape index (κ3) is 5.55. The number of benzene rings is 2. The molecule has 2 aromatic rings. The molecule has 0 aliphatic carbocycles. The number of carbonyl (C=O) groups excluding carboxylic acids is 1. The standard InChI is InChI=1S/C20H26N2O4S/c1-14-6-11-17(26-5)18(12-14)27(24,25)21-13-19(23)22-16-9-7-15(8-10-16)20(2,3)4/h6-12,21H,13H2,1-5H3,(H,22,23). The molecule has 0 saturated carbocycles. The average molecular weight is 391 g/mol. The van der Waals surface area contributed by atoms with E-state index in [0.717, 1.165) is 11.1 Å². The Morgan fingerprint density at radius 3 is 2.26 bits per heavy atom. The van der Waals surface area contributed by atoms with Gasteiger partial charge >= 0.3 is 0 Å². The zero-order chi connectivity index (χ0) is 20.2. The van der Waals surface area contributed by atoms with E-state index < -0.39 is 15.9 Å². The van der Waals surface area contributed by atoms with Gasteiger partial charge in [-0.3, -0.25) is 4.79 Å². The fourth-order valence-corrected chi connectivity index (χ4v) is 3.72. The summed E-state index contributed by atoms with van der Waals surface area (Å²) in [6.45, 7) is 7.73. The van der Waals surface area contributed by atoms with Crippen LogP contribution >= 0.6 is 0 Å². The van der Waals surface area contributed by atoms with Gasteiger partial charge in [0.15, 0.2) is 0 Å². The highest BCUT2D eigenvalue weighted by Crippen LogP contribution is 2.25. The van der Waals surface area contributed by atoms with Crippen molar-refractivity contribution in [1.29, 1.82) is 0 Å². The molecular formula is C20H26N2O4S. The van der Waals surface area contributed by atoms with Crippen molar-refractivity contribution < 1.29 is 17.9 Å². The Morgan fingerprint density at radius 1 is 1.07 bits per heavy atom. The van der Waals surface area contributed by atoms with E-state index in [1.54, 1.807) is 31.2 Å². The highest BCUT2D eigenvalue weighted by Gasteiger charge is 2.20. The van der Waals surface area contributed by atoms with Gasteiger partial charge in [-0.1, -0.05) is 39.0 Å². The van der Waals surface area contributed by atoms with E-state index in [4.69, 9.17) is 4.74 Å². The number of aryl methyl sites for hydroxylation is 1. The molecule has 2 aromatic carbocycles. The molecule has 0 radical (unpaired) electrons. The molecule has 27 heavy (non-hydrogen) atoms. The lowest BCUT2D eigenvalue weighted by Crippen LogP contribution is -2.33. The molecule has 0 aliphatic heterocycles. The highest BCUT2D eigenvalue weighted by atomic mass is 32.2. The van der Waals surface area contributed by atoms with Crippen molar-refractivity contribution >= 4 is 21.6 Å². The van der Waals surface area contributed by atoms with Crippen LogP contribution in [0.15, 0.2) is 47.4 Å². The summed E-state index contributed by atoms with van der Waals surface area (Å²) in [6, 6.07) is 12.3. The number of rotatable bonds is 6. The molecule has 2 rings (SSSR count). The van der Waals surface area contributed by atoms with E-state index in [-0.39, 0.29) is 22.6 Å². The zero-order valence-corrected chi connectivity index (χ0v) is 17.1. The minimum Gasteiger partial charge on any atom is -0.495 e. The predicted octanol–water partition coefficient (Wildman–Crippen LogP) is 3.22. The van der Waals surface area contributed by atoms with E-state index in [9.17, 15) is 13.2 Å². The maximum absolute atomic E-state index is 12.5. The van der Waals surface area contributed by atoms with Crippen LogP contribution in [0.25, 0.3) is 0 Å². The SMILES string of the molecule is COc1ccc(C)cc1S(=O)(=O)NCC(=O)Nc1ccc(C(C)(C)C)cc1. The van der Waals surface area contributed by atoms with Crippen molar-refractivity contribution in [1.82, 2.24) is 4.72 Å². The van der Waals surface area contributed by atoms with Crippen LogP contribution in [0.1, 0.15) is 31.9 Å². The molecule has 0 bridgehead atoms. The topological polar surface area (TPSA) is 84.5 Å². The van der Waals surface area contributed by atoms with Crippen LogP contribution in [0.3, 0.4) is 0 Å². The van der Waals surface area contributed by atoms with Gasteiger partial charge in [0.05, 0.1) is 13.7 Å². The smallest absolute Gasteiger partial charge is 0.244 e. The first-order valence-electron chi connectivity index (χ1n) is 8.57. The summed E-state index contributed by atoms with van der Waals surface area (Å²) in [4.78, 5) is 12.1. The number of hydrogen-bond acceptors (Lipinski definition) is 4. The van der Waals surface area contributed by atoms with Crippen molar-refractivity contribution in [3.8, 4) is 5.75 Å². The Kier molecular flexibility index (Phi) is 6.28. The van der Waals surface area contributed by atoms with Crippen molar-refractivity contribution in [3.05, 3.63) is 53.6 Å². The van der Waals surface area contributed by atoms with Gasteiger partial charge in [0.2, 0.25) is 15.9 Å². The number of hydrogen-bond donors (Lipinski definition) is 2. The number of carbonyl (C=O) groups is 1. The number of ether oxygens (including phenoxy) is 1. The Balaban J connectivity index is 2.04. The molecule has 0 aromatic heterocycles. The number of sulfonamides is 1. The molecule has 0 heterocycles. The van der Waals surface area contributed by atoms with Gasteiger partial charge in [0.1, 0.15) is 10.6 Å². The molecule has 0 saturated heterocycles. The van der Waals surface area contributed by atoms with E-state index >= 15 is 0 Å². The maximum atomic E-state index is 12.5. The third-order valence-corrected chi connectivity index (χ3v) is 5.49. The van der Waals surface area contributed by atoms with Crippen molar-refractivity contribution in [2.45, 2.75) is 38.0 Å². The Hall–Kier alpha value is -2.38. The predicted molar refractivity (Wildman–Crippen MR) is 107 cm³/mol. The van der Waals surface area contributed by atoms with Gasteiger partial charge in [-0.05, 0) is 47.7 Å². The quantitative estimate of drug-likeness (QED) is 0.793. The number of methoxy groups -OCH3 is 1. The van der Waals surface area contributed by atoms with Gasteiger partial charge in [0.25, 0.3) is 0 Å². The van der Waals surface area contributed by atoms with E-state index in [0.29, 0.717) is 5.69 Å². The molecule has 0 spiro atoms.